The molecule has 198 valence electrons. The molecule has 2 heteroatoms. The smallest absolute Gasteiger partial charge is 0.0633 e. The topological polar surface area (TPSA) is 24.7 Å². The quantitative estimate of drug-likeness (QED) is 0.116. The van der Waals surface area contributed by atoms with E-state index < -0.39 is 0 Å². The summed E-state index contributed by atoms with van der Waals surface area (Å²) in [5.74, 6) is 0. The minimum absolute atomic E-state index is 0.982. The van der Waals surface area contributed by atoms with Crippen molar-refractivity contribution in [2.75, 3.05) is 0 Å². The van der Waals surface area contributed by atoms with Crippen LogP contribution in [0.15, 0.2) is 70.6 Å². The Morgan fingerprint density at radius 3 is 1.33 bits per heavy atom. The van der Waals surface area contributed by atoms with Crippen LogP contribution in [0.4, 0.5) is 11.4 Å². The lowest BCUT2D eigenvalue weighted by Crippen LogP contribution is -1.99. The molecule has 0 bridgehead atoms. The first-order chi connectivity index (χ1) is 17.9. The van der Waals surface area contributed by atoms with Crippen molar-refractivity contribution in [3.63, 3.8) is 0 Å². The fraction of sp³-hybridized carbons (Fsp3) is 0.588. The van der Waals surface area contributed by atoms with Crippen LogP contribution in [0.2, 0.25) is 0 Å². The van der Waals surface area contributed by atoms with E-state index in [1.165, 1.54) is 116 Å². The summed E-state index contributed by atoms with van der Waals surface area (Å²) in [7, 11) is 0. The van der Waals surface area contributed by atoms with Gasteiger partial charge < -0.3 is 0 Å². The summed E-state index contributed by atoms with van der Waals surface area (Å²) in [6.45, 7) is 2.30. The maximum absolute atomic E-state index is 4.86. The Kier molecular flexibility index (Phi) is 18.3. The molecule has 2 nitrogen and oxygen atoms in total. The number of nitrogens with zero attached hydrogens (tertiary/aromatic N) is 2. The normalized spacial score (nSPS) is 12.0. The number of benzene rings is 2. The lowest BCUT2D eigenvalue weighted by Gasteiger charge is -2.05. The van der Waals surface area contributed by atoms with Crippen LogP contribution in [0.25, 0.3) is 0 Å². The highest BCUT2D eigenvalue weighted by molar-refractivity contribution is 6.31. The largest absolute Gasteiger partial charge is 0.255 e. The maximum atomic E-state index is 4.86. The second-order valence-corrected chi connectivity index (χ2v) is 10.3. The zero-order valence-corrected chi connectivity index (χ0v) is 23.2. The predicted molar refractivity (Wildman–Crippen MR) is 162 cm³/mol. The van der Waals surface area contributed by atoms with Gasteiger partial charge in [-0.1, -0.05) is 152 Å². The van der Waals surface area contributed by atoms with Gasteiger partial charge >= 0.3 is 0 Å². The van der Waals surface area contributed by atoms with Crippen LogP contribution in [-0.4, -0.2) is 11.9 Å². The lowest BCUT2D eigenvalue weighted by molar-refractivity contribution is 0.526. The van der Waals surface area contributed by atoms with Crippen LogP contribution >= 0.6 is 0 Å². The van der Waals surface area contributed by atoms with Gasteiger partial charge in [-0.25, -0.2) is 0 Å². The number of rotatable bonds is 22. The summed E-state index contributed by atoms with van der Waals surface area (Å²) in [4.78, 5) is 9.50. The molecule has 0 saturated carbocycles. The SMILES string of the molecule is CCCCCCCCCCCCCCCCCCCCC(C=Nc1ccccc1)=Nc1ccccc1. The Hall–Kier alpha value is -2.22. The van der Waals surface area contributed by atoms with E-state index in [2.05, 4.69) is 24.0 Å². The third-order valence-corrected chi connectivity index (χ3v) is 6.93. The maximum Gasteiger partial charge on any atom is 0.0633 e. The summed E-state index contributed by atoms with van der Waals surface area (Å²) in [5.41, 5.74) is 3.06. The molecular weight excluding hydrogens is 436 g/mol. The van der Waals surface area contributed by atoms with Crippen molar-refractivity contribution in [2.24, 2.45) is 9.98 Å². The van der Waals surface area contributed by atoms with Gasteiger partial charge in [-0.3, -0.25) is 9.98 Å². The molecule has 0 aliphatic rings. The number of para-hydroxylation sites is 2. The molecule has 0 heterocycles. The van der Waals surface area contributed by atoms with Crippen LogP contribution in [0.5, 0.6) is 0 Å². The molecule has 0 N–H and O–H groups in total. The molecule has 0 fully saturated rings. The van der Waals surface area contributed by atoms with Crippen LogP contribution < -0.4 is 0 Å². The Morgan fingerprint density at radius 2 is 0.889 bits per heavy atom. The third-order valence-electron chi connectivity index (χ3n) is 6.93. The molecule has 0 radical (unpaired) electrons. The van der Waals surface area contributed by atoms with Crippen LogP contribution in [0.3, 0.4) is 0 Å². The highest BCUT2D eigenvalue weighted by Crippen LogP contribution is 2.16. The summed E-state index contributed by atoms with van der Waals surface area (Å²) in [5, 5.41) is 0. The van der Waals surface area contributed by atoms with Gasteiger partial charge in [0.1, 0.15) is 0 Å². The van der Waals surface area contributed by atoms with Gasteiger partial charge in [0.15, 0.2) is 0 Å². The van der Waals surface area contributed by atoms with Crippen molar-refractivity contribution in [3.8, 4) is 0 Å². The van der Waals surface area contributed by atoms with Gasteiger partial charge in [0.25, 0.3) is 0 Å². The standard InChI is InChI=1S/C34H52N2/c1-2-3-4-5-6-7-8-9-10-11-12-13-14-15-16-17-18-21-30-34(36-33-28-24-20-25-29-33)31-35-32-26-22-19-23-27-32/h19-20,22-29,31H,2-18,21,30H2,1H3. The first kappa shape index (κ1) is 30.0. The fourth-order valence-electron chi connectivity index (χ4n) is 4.69. The Bertz CT molecular complexity index is 794. The van der Waals surface area contributed by atoms with Crippen molar-refractivity contribution in [1.82, 2.24) is 0 Å². The molecule has 2 rings (SSSR count). The Morgan fingerprint density at radius 1 is 0.500 bits per heavy atom. The average molecular weight is 489 g/mol. The molecule has 0 aliphatic heterocycles. The molecule has 2 aromatic carbocycles. The van der Waals surface area contributed by atoms with E-state index in [0.717, 1.165) is 23.5 Å². The molecule has 0 aromatic heterocycles. The van der Waals surface area contributed by atoms with Gasteiger partial charge in [-0.05, 0) is 37.1 Å². The summed E-state index contributed by atoms with van der Waals surface area (Å²) in [6, 6.07) is 20.4. The van der Waals surface area contributed by atoms with Gasteiger partial charge in [-0.2, -0.15) is 0 Å². The average Bonchev–Trinajstić information content (AvgIpc) is 2.92. The molecule has 0 atom stereocenters. The molecule has 0 unspecified atom stereocenters. The van der Waals surface area contributed by atoms with E-state index in [0.29, 0.717) is 0 Å². The van der Waals surface area contributed by atoms with Crippen LogP contribution in [0.1, 0.15) is 129 Å². The molecule has 36 heavy (non-hydrogen) atoms. The van der Waals surface area contributed by atoms with Gasteiger partial charge in [0.2, 0.25) is 0 Å². The molecule has 2 aromatic rings. The minimum Gasteiger partial charge on any atom is -0.255 e. The third kappa shape index (κ3) is 16.5. The van der Waals surface area contributed by atoms with Crippen molar-refractivity contribution in [1.29, 1.82) is 0 Å². The van der Waals surface area contributed by atoms with E-state index in [1.807, 2.05) is 54.7 Å². The van der Waals surface area contributed by atoms with E-state index in [-0.39, 0.29) is 0 Å². The lowest BCUT2D eigenvalue weighted by atomic mass is 10.0. The van der Waals surface area contributed by atoms with E-state index >= 15 is 0 Å². The number of aliphatic imine (C=N–C) groups is 2. The highest BCUT2D eigenvalue weighted by Gasteiger charge is 2.00. The van der Waals surface area contributed by atoms with Crippen molar-refractivity contribution < 1.29 is 0 Å². The van der Waals surface area contributed by atoms with Crippen LogP contribution in [-0.2, 0) is 0 Å². The minimum atomic E-state index is 0.982. The van der Waals surface area contributed by atoms with E-state index in [4.69, 9.17) is 4.99 Å². The van der Waals surface area contributed by atoms with Gasteiger partial charge in [0.05, 0.1) is 17.1 Å². The second kappa shape index (κ2) is 22.0. The summed E-state index contributed by atoms with van der Waals surface area (Å²) < 4.78 is 0. The summed E-state index contributed by atoms with van der Waals surface area (Å²) in [6.07, 6.45) is 28.3. The Labute approximate surface area is 222 Å². The monoisotopic (exact) mass is 488 g/mol. The van der Waals surface area contributed by atoms with Gasteiger partial charge in [-0.15, -0.1) is 0 Å². The molecule has 0 amide bonds. The van der Waals surface area contributed by atoms with E-state index in [9.17, 15) is 0 Å². The number of hydrogen-bond acceptors (Lipinski definition) is 2. The number of hydrogen-bond donors (Lipinski definition) is 0. The van der Waals surface area contributed by atoms with Gasteiger partial charge in [0, 0.05) is 6.21 Å². The van der Waals surface area contributed by atoms with E-state index in [1.54, 1.807) is 0 Å². The zero-order valence-electron chi connectivity index (χ0n) is 23.2. The van der Waals surface area contributed by atoms with Crippen LogP contribution in [0, 0.1) is 0 Å². The molecule has 0 spiro atoms. The molecular formula is C34H52N2. The number of unbranched alkanes of at least 4 members (excludes halogenated alkanes) is 17. The Balaban J connectivity index is 1.48. The van der Waals surface area contributed by atoms with Crippen molar-refractivity contribution >= 4 is 23.3 Å². The molecule has 0 aliphatic carbocycles. The predicted octanol–water partition coefficient (Wildman–Crippen LogP) is 11.6. The summed E-state index contributed by atoms with van der Waals surface area (Å²) >= 11 is 0. The second-order valence-electron chi connectivity index (χ2n) is 10.3. The first-order valence-corrected chi connectivity index (χ1v) is 15.1. The molecule has 0 saturated heterocycles. The fourth-order valence-corrected chi connectivity index (χ4v) is 4.69. The first-order valence-electron chi connectivity index (χ1n) is 15.1. The van der Waals surface area contributed by atoms with Crippen molar-refractivity contribution in [2.45, 2.75) is 129 Å². The highest BCUT2D eigenvalue weighted by atomic mass is 14.8. The zero-order chi connectivity index (χ0) is 25.4. The van der Waals surface area contributed by atoms with Crippen molar-refractivity contribution in [3.05, 3.63) is 60.7 Å².